The van der Waals surface area contributed by atoms with Gasteiger partial charge in [-0.1, -0.05) is 18.2 Å². The first-order chi connectivity index (χ1) is 14.2. The van der Waals surface area contributed by atoms with Crippen molar-refractivity contribution in [1.29, 1.82) is 0 Å². The molecule has 0 aliphatic carbocycles. The molecule has 2 heterocycles. The Labute approximate surface area is 174 Å². The summed E-state index contributed by atoms with van der Waals surface area (Å²) in [6, 6.07) is 13.4. The van der Waals surface area contributed by atoms with Crippen LogP contribution in [0.4, 0.5) is 5.13 Å². The number of methoxy groups -OCH3 is 2. The summed E-state index contributed by atoms with van der Waals surface area (Å²) in [5.41, 5.74) is 4.14. The number of nitrogens with one attached hydrogen (secondary N) is 1. The fourth-order valence-electron chi connectivity index (χ4n) is 3.51. The zero-order chi connectivity index (χ0) is 20.2. The first kappa shape index (κ1) is 19.4. The van der Waals surface area contributed by atoms with Crippen molar-refractivity contribution in [2.45, 2.75) is 19.5 Å². The van der Waals surface area contributed by atoms with E-state index in [9.17, 15) is 4.79 Å². The number of fused-ring (bicyclic) bond motifs is 1. The molecule has 0 saturated heterocycles. The minimum atomic E-state index is -0.218. The Morgan fingerprint density at radius 1 is 1.17 bits per heavy atom. The van der Waals surface area contributed by atoms with Gasteiger partial charge in [0.1, 0.15) is 11.5 Å². The third-order valence-corrected chi connectivity index (χ3v) is 5.82. The van der Waals surface area contributed by atoms with Crippen LogP contribution in [0.1, 0.15) is 27.2 Å². The number of hydrogen-bond donors (Lipinski definition) is 1. The first-order valence-corrected chi connectivity index (χ1v) is 10.3. The van der Waals surface area contributed by atoms with Gasteiger partial charge in [0, 0.05) is 25.0 Å². The minimum absolute atomic E-state index is 0.218. The van der Waals surface area contributed by atoms with Crippen LogP contribution in [0.3, 0.4) is 0 Å². The Morgan fingerprint density at radius 3 is 2.86 bits per heavy atom. The summed E-state index contributed by atoms with van der Waals surface area (Å²) in [6.45, 7) is 2.62. The Kier molecular flexibility index (Phi) is 5.78. The molecule has 1 aliphatic rings. The van der Waals surface area contributed by atoms with Crippen molar-refractivity contribution in [3.8, 4) is 11.5 Å². The number of aromatic nitrogens is 1. The van der Waals surface area contributed by atoms with E-state index in [1.807, 2.05) is 23.6 Å². The molecule has 1 aliphatic heterocycles. The molecule has 0 unspecified atom stereocenters. The maximum Gasteiger partial charge on any atom is 0.261 e. The first-order valence-electron chi connectivity index (χ1n) is 9.43. The number of nitrogens with zero attached hydrogens (tertiary/aromatic N) is 2. The molecule has 0 bridgehead atoms. The van der Waals surface area contributed by atoms with Crippen LogP contribution in [0.2, 0.25) is 0 Å². The number of carbonyl (C=O) groups is 1. The topological polar surface area (TPSA) is 63.7 Å². The zero-order valence-electron chi connectivity index (χ0n) is 16.5. The molecule has 29 heavy (non-hydrogen) atoms. The lowest BCUT2D eigenvalue weighted by Gasteiger charge is -2.28. The molecule has 150 valence electrons. The molecule has 0 saturated carbocycles. The largest absolute Gasteiger partial charge is 0.497 e. The van der Waals surface area contributed by atoms with Crippen molar-refractivity contribution in [1.82, 2.24) is 9.88 Å². The van der Waals surface area contributed by atoms with Gasteiger partial charge in [-0.05, 0) is 41.8 Å². The van der Waals surface area contributed by atoms with E-state index in [1.165, 1.54) is 22.5 Å². The fraction of sp³-hybridized carbons (Fsp3) is 0.273. The molecule has 1 amide bonds. The summed E-state index contributed by atoms with van der Waals surface area (Å²) < 4.78 is 10.6. The molecular weight excluding hydrogens is 386 g/mol. The van der Waals surface area contributed by atoms with Crippen molar-refractivity contribution in [3.63, 3.8) is 0 Å². The van der Waals surface area contributed by atoms with E-state index >= 15 is 0 Å². The average Bonchev–Trinajstić information content (AvgIpc) is 3.19. The highest BCUT2D eigenvalue weighted by Crippen LogP contribution is 2.26. The predicted molar refractivity (Wildman–Crippen MR) is 114 cm³/mol. The second kappa shape index (κ2) is 8.63. The molecule has 2 aromatic carbocycles. The Balaban J connectivity index is 1.39. The van der Waals surface area contributed by atoms with Gasteiger partial charge in [0.15, 0.2) is 5.13 Å². The van der Waals surface area contributed by atoms with Gasteiger partial charge in [-0.25, -0.2) is 4.98 Å². The third-order valence-electron chi connectivity index (χ3n) is 5.01. The third kappa shape index (κ3) is 4.41. The van der Waals surface area contributed by atoms with Crippen molar-refractivity contribution in [3.05, 3.63) is 70.2 Å². The summed E-state index contributed by atoms with van der Waals surface area (Å²) in [5.74, 6) is 1.24. The van der Waals surface area contributed by atoms with E-state index in [0.717, 1.165) is 37.5 Å². The fourth-order valence-corrected chi connectivity index (χ4v) is 4.21. The Morgan fingerprint density at radius 2 is 2.03 bits per heavy atom. The number of benzene rings is 2. The van der Waals surface area contributed by atoms with Crippen LogP contribution in [0.5, 0.6) is 11.5 Å². The Bertz CT molecular complexity index is 1020. The predicted octanol–water partition coefficient (Wildman–Crippen LogP) is 3.97. The van der Waals surface area contributed by atoms with Crippen molar-refractivity contribution >= 4 is 22.4 Å². The van der Waals surface area contributed by atoms with E-state index in [4.69, 9.17) is 9.47 Å². The number of carbonyl (C=O) groups excluding carboxylic acids is 1. The van der Waals surface area contributed by atoms with Gasteiger partial charge in [0.05, 0.1) is 25.5 Å². The Hall–Kier alpha value is -2.90. The van der Waals surface area contributed by atoms with E-state index < -0.39 is 0 Å². The molecule has 7 heteroatoms. The highest BCUT2D eigenvalue weighted by molar-refractivity contribution is 7.14. The van der Waals surface area contributed by atoms with E-state index in [0.29, 0.717) is 16.4 Å². The quantitative estimate of drug-likeness (QED) is 0.667. The highest BCUT2D eigenvalue weighted by Gasteiger charge is 2.19. The zero-order valence-corrected chi connectivity index (χ0v) is 17.3. The van der Waals surface area contributed by atoms with Crippen LogP contribution in [-0.2, 0) is 19.5 Å². The van der Waals surface area contributed by atoms with Gasteiger partial charge >= 0.3 is 0 Å². The van der Waals surface area contributed by atoms with Crippen LogP contribution in [0.15, 0.2) is 47.8 Å². The van der Waals surface area contributed by atoms with Gasteiger partial charge in [0.2, 0.25) is 0 Å². The number of thiazole rings is 1. The van der Waals surface area contributed by atoms with E-state index in [2.05, 4.69) is 27.3 Å². The minimum Gasteiger partial charge on any atom is -0.497 e. The van der Waals surface area contributed by atoms with Crippen molar-refractivity contribution in [2.75, 3.05) is 26.1 Å². The number of para-hydroxylation sites is 1. The normalized spacial score (nSPS) is 13.6. The van der Waals surface area contributed by atoms with Crippen LogP contribution in [-0.4, -0.2) is 36.6 Å². The SMILES string of the molecule is COc1ccc2c(c1)CCN(Cc1csc(NC(=O)c3ccccc3OC)n1)C2. The molecule has 0 fully saturated rings. The maximum atomic E-state index is 12.5. The maximum absolute atomic E-state index is 12.5. The number of rotatable bonds is 6. The second-order valence-electron chi connectivity index (χ2n) is 6.89. The smallest absolute Gasteiger partial charge is 0.261 e. The second-order valence-corrected chi connectivity index (χ2v) is 7.75. The van der Waals surface area contributed by atoms with Gasteiger partial charge in [-0.15, -0.1) is 11.3 Å². The van der Waals surface area contributed by atoms with Crippen LogP contribution >= 0.6 is 11.3 Å². The summed E-state index contributed by atoms with van der Waals surface area (Å²) in [4.78, 5) is 19.5. The molecule has 0 atom stereocenters. The lowest BCUT2D eigenvalue weighted by Crippen LogP contribution is -2.30. The lowest BCUT2D eigenvalue weighted by atomic mass is 9.99. The summed E-state index contributed by atoms with van der Waals surface area (Å²) in [6.07, 6.45) is 0.994. The van der Waals surface area contributed by atoms with Crippen molar-refractivity contribution in [2.24, 2.45) is 0 Å². The summed E-state index contributed by atoms with van der Waals surface area (Å²) in [5, 5.41) is 5.47. The lowest BCUT2D eigenvalue weighted by molar-refractivity contribution is 0.102. The number of anilines is 1. The van der Waals surface area contributed by atoms with Gasteiger partial charge in [-0.3, -0.25) is 15.0 Å². The van der Waals surface area contributed by atoms with Gasteiger partial charge < -0.3 is 9.47 Å². The molecule has 0 radical (unpaired) electrons. The number of amides is 1. The van der Waals surface area contributed by atoms with Crippen LogP contribution < -0.4 is 14.8 Å². The molecule has 0 spiro atoms. The van der Waals surface area contributed by atoms with Gasteiger partial charge in [0.25, 0.3) is 5.91 Å². The van der Waals surface area contributed by atoms with Crippen LogP contribution in [0.25, 0.3) is 0 Å². The molecule has 3 aromatic rings. The number of ether oxygens (including phenoxy) is 2. The van der Waals surface area contributed by atoms with Crippen LogP contribution in [0, 0.1) is 0 Å². The molecule has 1 aromatic heterocycles. The molecule has 6 nitrogen and oxygen atoms in total. The van der Waals surface area contributed by atoms with E-state index in [-0.39, 0.29) is 5.91 Å². The van der Waals surface area contributed by atoms with Crippen molar-refractivity contribution < 1.29 is 14.3 Å². The number of hydrogen-bond acceptors (Lipinski definition) is 6. The van der Waals surface area contributed by atoms with Gasteiger partial charge in [-0.2, -0.15) is 0 Å². The highest BCUT2D eigenvalue weighted by atomic mass is 32.1. The monoisotopic (exact) mass is 409 g/mol. The summed E-state index contributed by atoms with van der Waals surface area (Å²) in [7, 11) is 3.25. The summed E-state index contributed by atoms with van der Waals surface area (Å²) >= 11 is 1.44. The standard InChI is InChI=1S/C22H23N3O3S/c1-27-18-8-7-16-12-25(10-9-15(16)11-18)13-17-14-29-22(23-17)24-21(26)19-5-3-4-6-20(19)28-2/h3-8,11,14H,9-10,12-13H2,1-2H3,(H,23,24,26). The molecule has 1 N–H and O–H groups in total. The molecular formula is C22H23N3O3S. The molecule has 4 rings (SSSR count). The van der Waals surface area contributed by atoms with E-state index in [1.54, 1.807) is 26.4 Å². The average molecular weight is 410 g/mol.